The van der Waals surface area contributed by atoms with Crippen molar-refractivity contribution in [2.24, 2.45) is 5.92 Å². The molecule has 0 spiro atoms. The Balaban J connectivity index is 1.77. The molecule has 0 saturated heterocycles. The summed E-state index contributed by atoms with van der Waals surface area (Å²) < 4.78 is 6.66. The zero-order chi connectivity index (χ0) is 13.0. The Kier molecular flexibility index (Phi) is 4.36. The molecule has 1 N–H and O–H groups in total. The number of ether oxygens (including phenoxy) is 1. The molecule has 1 aliphatic rings. The van der Waals surface area contributed by atoms with Crippen molar-refractivity contribution >= 4 is 5.97 Å². The molecule has 18 heavy (non-hydrogen) atoms. The highest BCUT2D eigenvalue weighted by Gasteiger charge is 2.18. The van der Waals surface area contributed by atoms with E-state index in [1.807, 2.05) is 10.9 Å². The zero-order valence-electron chi connectivity index (χ0n) is 11.1. The Morgan fingerprint density at radius 2 is 2.44 bits per heavy atom. The highest BCUT2D eigenvalue weighted by Crippen LogP contribution is 2.27. The fourth-order valence-corrected chi connectivity index (χ4v) is 2.07. The van der Waals surface area contributed by atoms with Crippen LogP contribution < -0.4 is 5.32 Å². The molecular formula is C13H21N3O2. The van der Waals surface area contributed by atoms with Crippen LogP contribution in [-0.4, -0.2) is 28.9 Å². The third kappa shape index (κ3) is 3.32. The molecule has 1 atom stereocenters. The summed E-state index contributed by atoms with van der Waals surface area (Å²) in [6, 6.07) is -0.287. The Morgan fingerprint density at radius 1 is 1.67 bits per heavy atom. The van der Waals surface area contributed by atoms with Crippen molar-refractivity contribution in [3.63, 3.8) is 0 Å². The number of hydrogen-bond donors (Lipinski definition) is 1. The van der Waals surface area contributed by atoms with Gasteiger partial charge in [0.05, 0.1) is 13.3 Å². The minimum Gasteiger partial charge on any atom is -0.468 e. The van der Waals surface area contributed by atoms with Gasteiger partial charge in [-0.05, 0) is 25.7 Å². The van der Waals surface area contributed by atoms with Gasteiger partial charge in [0.2, 0.25) is 0 Å². The monoisotopic (exact) mass is 251 g/mol. The maximum absolute atomic E-state index is 11.2. The lowest BCUT2D eigenvalue weighted by Crippen LogP contribution is -2.34. The van der Waals surface area contributed by atoms with Crippen molar-refractivity contribution in [1.29, 1.82) is 0 Å². The van der Waals surface area contributed by atoms with E-state index in [1.165, 1.54) is 26.4 Å². The largest absolute Gasteiger partial charge is 0.468 e. The summed E-state index contributed by atoms with van der Waals surface area (Å²) in [7, 11) is 1.40. The lowest BCUT2D eigenvalue weighted by atomic mass is 9.85. The van der Waals surface area contributed by atoms with Crippen molar-refractivity contribution < 1.29 is 9.53 Å². The summed E-state index contributed by atoms with van der Waals surface area (Å²) in [6.07, 6.45) is 7.92. The van der Waals surface area contributed by atoms with E-state index in [4.69, 9.17) is 0 Å². The summed E-state index contributed by atoms with van der Waals surface area (Å²) in [6.45, 7) is 3.46. The summed E-state index contributed by atoms with van der Waals surface area (Å²) >= 11 is 0. The molecule has 1 aliphatic carbocycles. The molecule has 0 radical (unpaired) electrons. The molecule has 1 aromatic rings. The van der Waals surface area contributed by atoms with E-state index in [0.717, 1.165) is 18.0 Å². The summed E-state index contributed by atoms with van der Waals surface area (Å²) in [5.74, 6) is 0.566. The molecule has 1 aromatic heterocycles. The van der Waals surface area contributed by atoms with Crippen LogP contribution in [-0.2, 0) is 22.6 Å². The predicted molar refractivity (Wildman–Crippen MR) is 67.9 cm³/mol. The molecule has 1 saturated carbocycles. The highest BCUT2D eigenvalue weighted by molar-refractivity contribution is 5.75. The van der Waals surface area contributed by atoms with Gasteiger partial charge in [-0.15, -0.1) is 0 Å². The van der Waals surface area contributed by atoms with Gasteiger partial charge in [0.1, 0.15) is 6.04 Å². The smallest absolute Gasteiger partial charge is 0.322 e. The van der Waals surface area contributed by atoms with E-state index >= 15 is 0 Å². The van der Waals surface area contributed by atoms with Crippen molar-refractivity contribution in [3.8, 4) is 0 Å². The van der Waals surface area contributed by atoms with E-state index in [1.54, 1.807) is 6.92 Å². The van der Waals surface area contributed by atoms with Gasteiger partial charge in [-0.2, -0.15) is 5.10 Å². The van der Waals surface area contributed by atoms with Gasteiger partial charge in [0.25, 0.3) is 0 Å². The quantitative estimate of drug-likeness (QED) is 0.775. The Bertz CT molecular complexity index is 399. The first-order valence-electron chi connectivity index (χ1n) is 6.51. The molecule has 2 rings (SSSR count). The molecule has 1 fully saturated rings. The number of hydrogen-bond acceptors (Lipinski definition) is 4. The number of carbonyl (C=O) groups excluding carboxylic acids is 1. The molecule has 0 aromatic carbocycles. The highest BCUT2D eigenvalue weighted by atomic mass is 16.5. The van der Waals surface area contributed by atoms with Crippen LogP contribution in [0.1, 0.15) is 31.7 Å². The Labute approximate surface area is 108 Å². The second kappa shape index (κ2) is 6.00. The van der Waals surface area contributed by atoms with Crippen LogP contribution in [0.4, 0.5) is 0 Å². The zero-order valence-corrected chi connectivity index (χ0v) is 11.1. The van der Waals surface area contributed by atoms with Crippen molar-refractivity contribution in [3.05, 3.63) is 18.0 Å². The van der Waals surface area contributed by atoms with Crippen LogP contribution in [0.3, 0.4) is 0 Å². The van der Waals surface area contributed by atoms with Crippen LogP contribution in [0.5, 0.6) is 0 Å². The molecule has 1 heterocycles. The molecule has 5 nitrogen and oxygen atoms in total. The van der Waals surface area contributed by atoms with E-state index in [2.05, 4.69) is 21.3 Å². The average Bonchev–Trinajstić information content (AvgIpc) is 2.77. The van der Waals surface area contributed by atoms with E-state index in [-0.39, 0.29) is 12.0 Å². The van der Waals surface area contributed by atoms with Gasteiger partial charge < -0.3 is 10.1 Å². The van der Waals surface area contributed by atoms with Crippen LogP contribution >= 0.6 is 0 Å². The third-order valence-electron chi connectivity index (χ3n) is 3.52. The van der Waals surface area contributed by atoms with Gasteiger partial charge in [-0.3, -0.25) is 9.48 Å². The number of esters is 1. The number of methoxy groups -OCH3 is 1. The topological polar surface area (TPSA) is 56.1 Å². The summed E-state index contributed by atoms with van der Waals surface area (Å²) in [4.78, 5) is 11.2. The van der Waals surface area contributed by atoms with Crippen molar-refractivity contribution in [1.82, 2.24) is 15.1 Å². The molecule has 0 aliphatic heterocycles. The second-order valence-electron chi connectivity index (χ2n) is 4.99. The fraction of sp³-hybridized carbons (Fsp3) is 0.692. The minimum absolute atomic E-state index is 0.239. The van der Waals surface area contributed by atoms with Gasteiger partial charge in [-0.1, -0.05) is 6.42 Å². The summed E-state index contributed by atoms with van der Waals surface area (Å²) in [5.41, 5.74) is 1.10. The molecule has 1 unspecified atom stereocenters. The predicted octanol–water partition coefficient (Wildman–Crippen LogP) is 1.33. The first kappa shape index (κ1) is 13.1. The lowest BCUT2D eigenvalue weighted by molar-refractivity contribution is -0.142. The Morgan fingerprint density at radius 3 is 3.06 bits per heavy atom. The number of aromatic nitrogens is 2. The van der Waals surface area contributed by atoms with E-state index in [0.29, 0.717) is 6.54 Å². The van der Waals surface area contributed by atoms with Gasteiger partial charge in [0, 0.05) is 24.8 Å². The normalized spacial score (nSPS) is 17.2. The molecule has 0 bridgehead atoms. The summed E-state index contributed by atoms with van der Waals surface area (Å²) in [5, 5.41) is 7.46. The minimum atomic E-state index is -0.287. The maximum Gasteiger partial charge on any atom is 0.322 e. The van der Waals surface area contributed by atoms with E-state index in [9.17, 15) is 4.79 Å². The van der Waals surface area contributed by atoms with Crippen LogP contribution in [0.15, 0.2) is 12.4 Å². The Hall–Kier alpha value is -1.36. The molecule has 100 valence electrons. The molecular weight excluding hydrogens is 230 g/mol. The number of nitrogens with zero attached hydrogens (tertiary/aromatic N) is 2. The number of carbonyl (C=O) groups is 1. The standard InChI is InChI=1S/C13H21N3O2/c1-10(13(17)18-2)14-6-12-7-15-16(9-12)8-11-4-3-5-11/h7,9-11,14H,3-6,8H2,1-2H3. The lowest BCUT2D eigenvalue weighted by Gasteiger charge is -2.24. The van der Waals surface area contributed by atoms with Crippen LogP contribution in [0, 0.1) is 5.92 Å². The average molecular weight is 251 g/mol. The first-order chi connectivity index (χ1) is 8.69. The fourth-order valence-electron chi connectivity index (χ4n) is 2.07. The second-order valence-corrected chi connectivity index (χ2v) is 4.99. The number of rotatable bonds is 6. The van der Waals surface area contributed by atoms with E-state index < -0.39 is 0 Å². The van der Waals surface area contributed by atoms with Crippen LogP contribution in [0.2, 0.25) is 0 Å². The van der Waals surface area contributed by atoms with Gasteiger partial charge >= 0.3 is 5.97 Å². The molecule has 5 heteroatoms. The van der Waals surface area contributed by atoms with Crippen molar-refractivity contribution in [2.45, 2.75) is 45.3 Å². The van der Waals surface area contributed by atoms with Gasteiger partial charge in [0.15, 0.2) is 0 Å². The van der Waals surface area contributed by atoms with Crippen LogP contribution in [0.25, 0.3) is 0 Å². The van der Waals surface area contributed by atoms with Gasteiger partial charge in [-0.25, -0.2) is 0 Å². The SMILES string of the molecule is COC(=O)C(C)NCc1cnn(CC2CCC2)c1. The van der Waals surface area contributed by atoms with Crippen molar-refractivity contribution in [2.75, 3.05) is 7.11 Å². The maximum atomic E-state index is 11.2. The number of nitrogens with one attached hydrogen (secondary N) is 1. The first-order valence-corrected chi connectivity index (χ1v) is 6.51. The third-order valence-corrected chi connectivity index (χ3v) is 3.52. The molecule has 0 amide bonds.